The van der Waals surface area contributed by atoms with Gasteiger partial charge in [-0.15, -0.1) is 0 Å². The van der Waals surface area contributed by atoms with Gasteiger partial charge in [0.25, 0.3) is 0 Å². The summed E-state index contributed by atoms with van der Waals surface area (Å²) in [5.41, 5.74) is 0. The highest BCUT2D eigenvalue weighted by Crippen LogP contribution is 2.24. The first-order chi connectivity index (χ1) is 9.95. The molecule has 0 saturated heterocycles. The third kappa shape index (κ3) is 4.38. The molecule has 0 aliphatic rings. The number of hydrogen-bond acceptors (Lipinski definition) is 0. The molecule has 0 heterocycles. The van der Waals surface area contributed by atoms with Gasteiger partial charge in [-0.1, -0.05) is 102 Å². The van der Waals surface area contributed by atoms with Crippen molar-refractivity contribution >= 4 is 21.5 Å². The van der Waals surface area contributed by atoms with Crippen molar-refractivity contribution in [3.63, 3.8) is 0 Å². The lowest BCUT2D eigenvalue weighted by atomic mass is 10.0. The molecule has 0 amide bonds. The summed E-state index contributed by atoms with van der Waals surface area (Å²) < 4.78 is 0. The van der Waals surface area contributed by atoms with Gasteiger partial charge in [-0.2, -0.15) is 0 Å². The minimum Gasteiger partial charge on any atom is -0.0683 e. The van der Waals surface area contributed by atoms with E-state index in [-0.39, 0.29) is 0 Å². The highest BCUT2D eigenvalue weighted by molar-refractivity contribution is 6.07. The molecule has 0 spiro atoms. The van der Waals surface area contributed by atoms with Gasteiger partial charge in [0.05, 0.1) is 0 Å². The molecule has 0 N–H and O–H groups in total. The molecule has 0 aromatic heterocycles. The molecule has 0 nitrogen and oxygen atoms in total. The van der Waals surface area contributed by atoms with Crippen molar-refractivity contribution in [2.24, 2.45) is 0 Å². The van der Waals surface area contributed by atoms with E-state index in [9.17, 15) is 0 Å². The molecule has 3 aromatic carbocycles. The largest absolute Gasteiger partial charge is 0.0683 e. The Hall–Kier alpha value is -1.82. The van der Waals surface area contributed by atoms with E-state index in [0.717, 1.165) is 0 Å². The molecule has 0 bridgehead atoms. The molecule has 0 fully saturated rings. The number of fused-ring (bicyclic) bond motifs is 3. The maximum atomic E-state index is 2.18. The van der Waals surface area contributed by atoms with Crippen molar-refractivity contribution in [1.82, 2.24) is 0 Å². The molecular formula is C20H28. The van der Waals surface area contributed by atoms with Gasteiger partial charge in [-0.3, -0.25) is 0 Å². The Bertz CT molecular complexity index is 539. The van der Waals surface area contributed by atoms with Crippen LogP contribution in [0.3, 0.4) is 0 Å². The minimum absolute atomic E-state index is 1.31. The summed E-state index contributed by atoms with van der Waals surface area (Å²) in [4.78, 5) is 0. The standard InChI is InChI=1S/C14H10.3C2H6/c1-3-7-13-11(5-1)9-10-12-6-2-4-8-14(12)13;3*1-2/h1-10H;3*1-2H3. The number of rotatable bonds is 0. The Morgan fingerprint density at radius 3 is 1.05 bits per heavy atom. The smallest absolute Gasteiger partial charge is 0.0105 e. The molecule has 0 aliphatic carbocycles. The zero-order valence-corrected chi connectivity index (χ0v) is 13.8. The first-order valence-electron chi connectivity index (χ1n) is 7.82. The fourth-order valence-corrected chi connectivity index (χ4v) is 1.95. The van der Waals surface area contributed by atoms with E-state index in [1.807, 2.05) is 41.5 Å². The monoisotopic (exact) mass is 268 g/mol. The van der Waals surface area contributed by atoms with Crippen molar-refractivity contribution in [2.45, 2.75) is 41.5 Å². The average molecular weight is 268 g/mol. The van der Waals surface area contributed by atoms with Crippen molar-refractivity contribution in [2.75, 3.05) is 0 Å². The molecule has 3 aromatic rings. The Morgan fingerprint density at radius 2 is 0.700 bits per heavy atom. The maximum Gasteiger partial charge on any atom is -0.0105 e. The van der Waals surface area contributed by atoms with Gasteiger partial charge in [-0.25, -0.2) is 0 Å². The van der Waals surface area contributed by atoms with E-state index >= 15 is 0 Å². The molecule has 20 heavy (non-hydrogen) atoms. The van der Waals surface area contributed by atoms with Crippen LogP contribution >= 0.6 is 0 Å². The zero-order valence-electron chi connectivity index (χ0n) is 13.8. The molecule has 0 radical (unpaired) electrons. The Kier molecular flexibility index (Phi) is 10.0. The first kappa shape index (κ1) is 18.2. The Balaban J connectivity index is 0.000000538. The maximum absolute atomic E-state index is 2.18. The average Bonchev–Trinajstić information content (AvgIpc) is 2.60. The van der Waals surface area contributed by atoms with E-state index in [0.29, 0.717) is 0 Å². The molecule has 0 heteroatoms. The fraction of sp³-hybridized carbons (Fsp3) is 0.300. The van der Waals surface area contributed by atoms with Crippen LogP contribution in [-0.2, 0) is 0 Å². The number of benzene rings is 3. The molecule has 108 valence electrons. The highest BCUT2D eigenvalue weighted by Gasteiger charge is 1.97. The third-order valence-electron chi connectivity index (χ3n) is 2.65. The van der Waals surface area contributed by atoms with Crippen LogP contribution in [0.1, 0.15) is 41.5 Å². The summed E-state index contributed by atoms with van der Waals surface area (Å²) >= 11 is 0. The van der Waals surface area contributed by atoms with Crippen LogP contribution in [-0.4, -0.2) is 0 Å². The Morgan fingerprint density at radius 1 is 0.400 bits per heavy atom. The van der Waals surface area contributed by atoms with Crippen LogP contribution in [0.25, 0.3) is 21.5 Å². The quantitative estimate of drug-likeness (QED) is 0.382. The summed E-state index contributed by atoms with van der Waals surface area (Å²) in [5, 5.41) is 5.30. The van der Waals surface area contributed by atoms with Gasteiger partial charge < -0.3 is 0 Å². The fourth-order valence-electron chi connectivity index (χ4n) is 1.95. The lowest BCUT2D eigenvalue weighted by molar-refractivity contribution is 1.50. The summed E-state index contributed by atoms with van der Waals surface area (Å²) in [6.07, 6.45) is 0. The van der Waals surface area contributed by atoms with E-state index < -0.39 is 0 Å². The predicted molar refractivity (Wildman–Crippen MR) is 95.5 cm³/mol. The van der Waals surface area contributed by atoms with Crippen LogP contribution in [0.15, 0.2) is 60.7 Å². The summed E-state index contributed by atoms with van der Waals surface area (Å²) in [5.74, 6) is 0. The third-order valence-corrected chi connectivity index (χ3v) is 2.65. The van der Waals surface area contributed by atoms with E-state index in [4.69, 9.17) is 0 Å². The van der Waals surface area contributed by atoms with E-state index in [2.05, 4.69) is 60.7 Å². The van der Waals surface area contributed by atoms with Gasteiger partial charge in [0.2, 0.25) is 0 Å². The van der Waals surface area contributed by atoms with Crippen LogP contribution in [0, 0.1) is 0 Å². The van der Waals surface area contributed by atoms with E-state index in [1.54, 1.807) is 0 Å². The van der Waals surface area contributed by atoms with Gasteiger partial charge in [0.15, 0.2) is 0 Å². The molecule has 0 aliphatic heterocycles. The minimum atomic E-state index is 1.31. The lowest BCUT2D eigenvalue weighted by Crippen LogP contribution is -1.75. The lowest BCUT2D eigenvalue weighted by Gasteiger charge is -2.02. The topological polar surface area (TPSA) is 0 Å². The molecular weight excluding hydrogens is 240 g/mol. The number of hydrogen-bond donors (Lipinski definition) is 0. The predicted octanol–water partition coefficient (Wildman–Crippen LogP) is 7.07. The Labute approximate surface area is 124 Å². The van der Waals surface area contributed by atoms with Crippen LogP contribution in [0.2, 0.25) is 0 Å². The summed E-state index contributed by atoms with van der Waals surface area (Å²) in [6, 6.07) is 21.4. The normalized spacial score (nSPS) is 8.50. The van der Waals surface area contributed by atoms with E-state index in [1.165, 1.54) is 21.5 Å². The second kappa shape index (κ2) is 11.0. The highest BCUT2D eigenvalue weighted by atomic mass is 14.0. The van der Waals surface area contributed by atoms with Crippen molar-refractivity contribution in [1.29, 1.82) is 0 Å². The van der Waals surface area contributed by atoms with Gasteiger partial charge in [0.1, 0.15) is 0 Å². The second-order valence-corrected chi connectivity index (χ2v) is 3.51. The van der Waals surface area contributed by atoms with Crippen LogP contribution in [0.5, 0.6) is 0 Å². The van der Waals surface area contributed by atoms with Gasteiger partial charge in [-0.05, 0) is 21.5 Å². The van der Waals surface area contributed by atoms with Crippen molar-refractivity contribution < 1.29 is 0 Å². The molecule has 0 saturated carbocycles. The molecule has 3 rings (SSSR count). The molecule has 0 unspecified atom stereocenters. The SMILES string of the molecule is CC.CC.CC.c1ccc2c(c1)ccc1ccccc12. The van der Waals surface area contributed by atoms with Crippen LogP contribution in [0.4, 0.5) is 0 Å². The van der Waals surface area contributed by atoms with Crippen molar-refractivity contribution in [3.05, 3.63) is 60.7 Å². The molecule has 0 atom stereocenters. The zero-order chi connectivity index (χ0) is 15.4. The van der Waals surface area contributed by atoms with Gasteiger partial charge in [0, 0.05) is 0 Å². The van der Waals surface area contributed by atoms with Gasteiger partial charge >= 0.3 is 0 Å². The summed E-state index contributed by atoms with van der Waals surface area (Å²) in [7, 11) is 0. The van der Waals surface area contributed by atoms with Crippen molar-refractivity contribution in [3.8, 4) is 0 Å². The summed E-state index contributed by atoms with van der Waals surface area (Å²) in [6.45, 7) is 12.0. The second-order valence-electron chi connectivity index (χ2n) is 3.51. The van der Waals surface area contributed by atoms with Crippen LogP contribution < -0.4 is 0 Å². The first-order valence-corrected chi connectivity index (χ1v) is 7.82.